The Morgan fingerprint density at radius 1 is 1.05 bits per heavy atom. The van der Waals surface area contributed by atoms with Crippen molar-refractivity contribution in [2.45, 2.75) is 70.3 Å². The summed E-state index contributed by atoms with van der Waals surface area (Å²) < 4.78 is 0. The predicted octanol–water partition coefficient (Wildman–Crippen LogP) is 2.81. The summed E-state index contributed by atoms with van der Waals surface area (Å²) >= 11 is 0. The molecule has 108 valence electrons. The Labute approximate surface area is 115 Å². The van der Waals surface area contributed by atoms with Crippen molar-refractivity contribution in [3.63, 3.8) is 0 Å². The Bertz CT molecular complexity index is 323. The molecule has 1 N–H and O–H groups in total. The molecule has 0 aromatic carbocycles. The van der Waals surface area contributed by atoms with Gasteiger partial charge in [-0.15, -0.1) is 0 Å². The summed E-state index contributed by atoms with van der Waals surface area (Å²) in [6.45, 7) is 0.624. The number of hydrogen-bond donors (Lipinski definition) is 1. The van der Waals surface area contributed by atoms with Crippen LogP contribution in [-0.2, 0) is 9.59 Å². The quantitative estimate of drug-likeness (QED) is 0.833. The van der Waals surface area contributed by atoms with E-state index in [0.29, 0.717) is 19.4 Å². The molecule has 0 unspecified atom stereocenters. The van der Waals surface area contributed by atoms with Crippen LogP contribution in [-0.4, -0.2) is 34.5 Å². The number of piperidine rings is 1. The van der Waals surface area contributed by atoms with Crippen molar-refractivity contribution in [2.24, 2.45) is 5.92 Å². The highest BCUT2D eigenvalue weighted by atomic mass is 16.4. The van der Waals surface area contributed by atoms with E-state index in [-0.39, 0.29) is 5.91 Å². The van der Waals surface area contributed by atoms with Gasteiger partial charge in [0.15, 0.2) is 0 Å². The number of hydrogen-bond acceptors (Lipinski definition) is 2. The van der Waals surface area contributed by atoms with Crippen molar-refractivity contribution >= 4 is 11.9 Å². The van der Waals surface area contributed by atoms with Crippen LogP contribution in [0, 0.1) is 5.92 Å². The van der Waals surface area contributed by atoms with Gasteiger partial charge in [-0.05, 0) is 38.0 Å². The van der Waals surface area contributed by atoms with E-state index in [1.807, 2.05) is 0 Å². The molecule has 0 aromatic rings. The molecule has 2 fully saturated rings. The van der Waals surface area contributed by atoms with Crippen molar-refractivity contribution in [1.82, 2.24) is 4.90 Å². The summed E-state index contributed by atoms with van der Waals surface area (Å²) in [5.74, 6) is 0.0124. The molecule has 2 rings (SSSR count). The first-order chi connectivity index (χ1) is 9.18. The molecule has 19 heavy (non-hydrogen) atoms. The first-order valence-electron chi connectivity index (χ1n) is 7.71. The van der Waals surface area contributed by atoms with Crippen LogP contribution in [0.25, 0.3) is 0 Å². The molecular weight excluding hydrogens is 242 g/mol. The van der Waals surface area contributed by atoms with Gasteiger partial charge in [-0.3, -0.25) is 4.79 Å². The fourth-order valence-corrected chi connectivity index (χ4v) is 3.47. The van der Waals surface area contributed by atoms with Crippen molar-refractivity contribution in [3.8, 4) is 0 Å². The molecule has 1 saturated carbocycles. The number of nitrogens with zero attached hydrogens (tertiary/aromatic N) is 1. The highest BCUT2D eigenvalue weighted by molar-refractivity contribution is 5.83. The van der Waals surface area contributed by atoms with Crippen LogP contribution in [0.15, 0.2) is 0 Å². The highest BCUT2D eigenvalue weighted by Crippen LogP contribution is 2.29. The van der Waals surface area contributed by atoms with E-state index < -0.39 is 12.0 Å². The smallest absolute Gasteiger partial charge is 0.326 e. The molecule has 4 nitrogen and oxygen atoms in total. The average molecular weight is 267 g/mol. The predicted molar refractivity (Wildman–Crippen MR) is 72.8 cm³/mol. The van der Waals surface area contributed by atoms with Gasteiger partial charge in [0, 0.05) is 13.0 Å². The molecular formula is C15H25NO3. The number of carbonyl (C=O) groups is 2. The zero-order valence-corrected chi connectivity index (χ0v) is 11.6. The van der Waals surface area contributed by atoms with E-state index in [9.17, 15) is 9.59 Å². The van der Waals surface area contributed by atoms with Gasteiger partial charge in [0.25, 0.3) is 0 Å². The number of aliphatic carboxylic acids is 1. The third-order valence-electron chi connectivity index (χ3n) is 4.59. The second-order valence-corrected chi connectivity index (χ2v) is 5.98. The lowest BCUT2D eigenvalue weighted by molar-refractivity contribution is -0.152. The Hall–Kier alpha value is -1.06. The van der Waals surface area contributed by atoms with Gasteiger partial charge in [0.1, 0.15) is 6.04 Å². The number of amides is 1. The van der Waals surface area contributed by atoms with Gasteiger partial charge in [0.2, 0.25) is 5.91 Å². The van der Waals surface area contributed by atoms with Crippen molar-refractivity contribution in [3.05, 3.63) is 0 Å². The summed E-state index contributed by atoms with van der Waals surface area (Å²) in [5, 5.41) is 9.16. The topological polar surface area (TPSA) is 57.6 Å². The second-order valence-electron chi connectivity index (χ2n) is 5.98. The maximum absolute atomic E-state index is 12.1. The highest BCUT2D eigenvalue weighted by Gasteiger charge is 2.31. The van der Waals surface area contributed by atoms with Gasteiger partial charge in [-0.25, -0.2) is 4.79 Å². The standard InChI is InChI=1S/C15H25NO3/c17-14(10-5-8-12-6-1-2-7-12)16-11-4-3-9-13(16)15(18)19/h12-13H,1-11H2,(H,18,19)/t13-/m1/s1. The van der Waals surface area contributed by atoms with E-state index in [4.69, 9.17) is 5.11 Å². The number of rotatable bonds is 5. The Kier molecular flexibility index (Phi) is 5.23. The number of carbonyl (C=O) groups excluding carboxylic acids is 1. The van der Waals surface area contributed by atoms with Crippen LogP contribution in [0.2, 0.25) is 0 Å². The van der Waals surface area contributed by atoms with Gasteiger partial charge in [-0.1, -0.05) is 25.7 Å². The Morgan fingerprint density at radius 3 is 2.42 bits per heavy atom. The maximum Gasteiger partial charge on any atom is 0.326 e. The minimum Gasteiger partial charge on any atom is -0.480 e. The third kappa shape index (κ3) is 3.95. The molecule has 1 heterocycles. The molecule has 0 spiro atoms. The largest absolute Gasteiger partial charge is 0.480 e. The molecule has 1 aliphatic heterocycles. The summed E-state index contributed by atoms with van der Waals surface area (Å²) in [5.41, 5.74) is 0. The Morgan fingerprint density at radius 2 is 1.74 bits per heavy atom. The summed E-state index contributed by atoms with van der Waals surface area (Å²) in [7, 11) is 0. The lowest BCUT2D eigenvalue weighted by Crippen LogP contribution is -2.47. The fourth-order valence-electron chi connectivity index (χ4n) is 3.47. The summed E-state index contributed by atoms with van der Waals surface area (Å²) in [6, 6.07) is -0.576. The summed E-state index contributed by atoms with van der Waals surface area (Å²) in [6.07, 6.45) is 10.4. The molecule has 2 aliphatic rings. The van der Waals surface area contributed by atoms with Gasteiger partial charge in [0.05, 0.1) is 0 Å². The van der Waals surface area contributed by atoms with E-state index in [1.54, 1.807) is 4.90 Å². The average Bonchev–Trinajstić information content (AvgIpc) is 2.91. The van der Waals surface area contributed by atoms with Crippen molar-refractivity contribution in [2.75, 3.05) is 6.54 Å². The molecule has 1 atom stereocenters. The van der Waals surface area contributed by atoms with Crippen molar-refractivity contribution < 1.29 is 14.7 Å². The third-order valence-corrected chi connectivity index (χ3v) is 4.59. The van der Waals surface area contributed by atoms with Crippen molar-refractivity contribution in [1.29, 1.82) is 0 Å². The van der Waals surface area contributed by atoms with E-state index in [2.05, 4.69) is 0 Å². The monoisotopic (exact) mass is 267 g/mol. The normalized spacial score (nSPS) is 24.6. The molecule has 1 amide bonds. The lowest BCUT2D eigenvalue weighted by Gasteiger charge is -2.33. The number of carboxylic acid groups (broad SMARTS) is 1. The fraction of sp³-hybridized carbons (Fsp3) is 0.867. The number of likely N-dealkylation sites (tertiary alicyclic amines) is 1. The van der Waals surface area contributed by atoms with Gasteiger partial charge in [-0.2, -0.15) is 0 Å². The van der Waals surface area contributed by atoms with E-state index in [1.165, 1.54) is 25.7 Å². The number of carboxylic acids is 1. The second kappa shape index (κ2) is 6.92. The first-order valence-corrected chi connectivity index (χ1v) is 7.71. The van der Waals surface area contributed by atoms with Crippen LogP contribution in [0.1, 0.15) is 64.2 Å². The zero-order valence-electron chi connectivity index (χ0n) is 11.6. The van der Waals surface area contributed by atoms with E-state index >= 15 is 0 Å². The maximum atomic E-state index is 12.1. The molecule has 4 heteroatoms. The zero-order chi connectivity index (χ0) is 13.7. The van der Waals surface area contributed by atoms with Crippen LogP contribution >= 0.6 is 0 Å². The Balaban J connectivity index is 1.75. The van der Waals surface area contributed by atoms with Crippen LogP contribution in [0.3, 0.4) is 0 Å². The van der Waals surface area contributed by atoms with Crippen LogP contribution in [0.5, 0.6) is 0 Å². The molecule has 0 radical (unpaired) electrons. The molecule has 1 aliphatic carbocycles. The minimum atomic E-state index is -0.844. The molecule has 1 saturated heterocycles. The van der Waals surface area contributed by atoms with Gasteiger partial charge < -0.3 is 10.0 Å². The van der Waals surface area contributed by atoms with Crippen LogP contribution in [0.4, 0.5) is 0 Å². The lowest BCUT2D eigenvalue weighted by atomic mass is 9.98. The molecule has 0 aromatic heterocycles. The summed E-state index contributed by atoms with van der Waals surface area (Å²) in [4.78, 5) is 24.9. The van der Waals surface area contributed by atoms with Crippen LogP contribution < -0.4 is 0 Å². The SMILES string of the molecule is O=C(O)[C@H]1CCCCN1C(=O)CCCC1CCCC1. The minimum absolute atomic E-state index is 0.0464. The molecule has 0 bridgehead atoms. The van der Waals surface area contributed by atoms with Gasteiger partial charge >= 0.3 is 5.97 Å². The first kappa shape index (κ1) is 14.4. The van der Waals surface area contributed by atoms with E-state index in [0.717, 1.165) is 31.6 Å².